The van der Waals surface area contributed by atoms with Crippen LogP contribution in [-0.2, 0) is 14.8 Å². The average Bonchev–Trinajstić information content (AvgIpc) is 2.60. The summed E-state index contributed by atoms with van der Waals surface area (Å²) in [6.45, 7) is 16.2. The molecular weight excluding hydrogens is 261 g/mol. The van der Waals surface area contributed by atoms with Crippen LogP contribution in [0.25, 0.3) is 0 Å². The van der Waals surface area contributed by atoms with E-state index in [1.165, 1.54) is 0 Å². The Hall–Kier alpha value is -0.835. The molecule has 21 heavy (non-hydrogen) atoms. The lowest BCUT2D eigenvalue weighted by Gasteiger charge is -2.32. The Morgan fingerprint density at radius 2 is 1.29 bits per heavy atom. The van der Waals surface area contributed by atoms with Crippen molar-refractivity contribution in [1.82, 2.24) is 0 Å². The van der Waals surface area contributed by atoms with E-state index in [9.17, 15) is 0 Å². The third-order valence-corrected chi connectivity index (χ3v) is 4.18. The Morgan fingerprint density at radius 1 is 0.905 bits per heavy atom. The molecule has 0 radical (unpaired) electrons. The summed E-state index contributed by atoms with van der Waals surface area (Å²) in [5.74, 6) is 0. The highest BCUT2D eigenvalue weighted by molar-refractivity contribution is 6.62. The van der Waals surface area contributed by atoms with Gasteiger partial charge in [-0.2, -0.15) is 0 Å². The third-order valence-electron chi connectivity index (χ3n) is 4.18. The van der Waals surface area contributed by atoms with Crippen molar-refractivity contribution in [3.05, 3.63) is 29.8 Å². The van der Waals surface area contributed by atoms with E-state index in [1.54, 1.807) is 0 Å². The van der Waals surface area contributed by atoms with Crippen LogP contribution in [0.2, 0.25) is 0 Å². The first-order chi connectivity index (χ1) is 9.53. The molecule has 1 aromatic rings. The van der Waals surface area contributed by atoms with E-state index in [0.29, 0.717) is 0 Å². The van der Waals surface area contributed by atoms with Gasteiger partial charge in [-0.05, 0) is 52.6 Å². The Balaban J connectivity index is 0.00000106. The summed E-state index contributed by atoms with van der Waals surface area (Å²) in [6, 6.07) is 8.15. The molecule has 1 saturated heterocycles. The van der Waals surface area contributed by atoms with E-state index >= 15 is 0 Å². The Labute approximate surface area is 130 Å². The molecule has 118 valence electrons. The molecule has 0 atom stereocenters. The van der Waals surface area contributed by atoms with Crippen LogP contribution in [0.1, 0.15) is 61.0 Å². The molecule has 0 bridgehead atoms. The van der Waals surface area contributed by atoms with Gasteiger partial charge < -0.3 is 15.0 Å². The van der Waals surface area contributed by atoms with Gasteiger partial charge in [0.1, 0.15) is 0 Å². The predicted molar refractivity (Wildman–Crippen MR) is 90.7 cm³/mol. The largest absolute Gasteiger partial charge is 0.494 e. The molecule has 4 heteroatoms. The van der Waals surface area contributed by atoms with E-state index in [1.807, 2.05) is 52.0 Å². The van der Waals surface area contributed by atoms with Crippen LogP contribution in [0.4, 0.5) is 0 Å². The molecule has 0 spiro atoms. The molecule has 0 amide bonds. The van der Waals surface area contributed by atoms with Crippen molar-refractivity contribution < 1.29 is 9.31 Å². The first-order valence-electron chi connectivity index (χ1n) is 7.78. The summed E-state index contributed by atoms with van der Waals surface area (Å²) in [5.41, 5.74) is 7.29. The van der Waals surface area contributed by atoms with Crippen LogP contribution < -0.4 is 11.2 Å². The number of hydrogen-bond donors (Lipinski definition) is 1. The molecule has 3 nitrogen and oxygen atoms in total. The molecule has 0 unspecified atom stereocenters. The average molecular weight is 291 g/mol. The maximum atomic E-state index is 6.08. The van der Waals surface area contributed by atoms with Crippen LogP contribution in [-0.4, -0.2) is 18.3 Å². The summed E-state index contributed by atoms with van der Waals surface area (Å²) in [7, 11) is -0.306. The minimum atomic E-state index is -0.325. The molecule has 2 N–H and O–H groups in total. The van der Waals surface area contributed by atoms with Crippen molar-refractivity contribution in [2.75, 3.05) is 0 Å². The van der Waals surface area contributed by atoms with E-state index in [0.717, 1.165) is 11.0 Å². The van der Waals surface area contributed by atoms with Crippen LogP contribution >= 0.6 is 0 Å². The number of nitrogens with two attached hydrogens (primary N) is 1. The number of hydrogen-bond acceptors (Lipinski definition) is 3. The molecule has 1 aliphatic heterocycles. The highest BCUT2D eigenvalue weighted by Gasteiger charge is 2.51. The van der Waals surface area contributed by atoms with E-state index in [4.69, 9.17) is 15.0 Å². The SMILES string of the molecule is CC.CC(C)(N)c1ccc(B2OC(C)(C)C(C)(C)O2)cc1. The van der Waals surface area contributed by atoms with Crippen molar-refractivity contribution in [3.63, 3.8) is 0 Å². The lowest BCUT2D eigenvalue weighted by molar-refractivity contribution is 0.00578. The highest BCUT2D eigenvalue weighted by Crippen LogP contribution is 2.36. The zero-order valence-corrected chi connectivity index (χ0v) is 14.8. The fourth-order valence-corrected chi connectivity index (χ4v) is 2.05. The van der Waals surface area contributed by atoms with Crippen molar-refractivity contribution in [2.45, 2.75) is 72.1 Å². The van der Waals surface area contributed by atoms with Gasteiger partial charge >= 0.3 is 7.12 Å². The molecular formula is C17H30BNO2. The van der Waals surface area contributed by atoms with Gasteiger partial charge in [0.25, 0.3) is 0 Å². The molecule has 1 aromatic carbocycles. The Morgan fingerprint density at radius 3 is 1.62 bits per heavy atom. The van der Waals surface area contributed by atoms with Gasteiger partial charge in [0, 0.05) is 5.54 Å². The standard InChI is InChI=1S/C15H24BNO2.C2H6/c1-13(2,17)11-7-9-12(10-8-11)16-18-14(3,4)15(5,6)19-16;1-2/h7-10H,17H2,1-6H3;1-2H3. The van der Waals surface area contributed by atoms with Gasteiger partial charge in [0.05, 0.1) is 11.2 Å². The van der Waals surface area contributed by atoms with Gasteiger partial charge in [-0.15, -0.1) is 0 Å². The normalized spacial score (nSPS) is 20.0. The number of benzene rings is 1. The van der Waals surface area contributed by atoms with E-state index in [-0.39, 0.29) is 23.9 Å². The fourth-order valence-electron chi connectivity index (χ4n) is 2.05. The van der Waals surface area contributed by atoms with Gasteiger partial charge in [-0.1, -0.05) is 38.1 Å². The van der Waals surface area contributed by atoms with Crippen molar-refractivity contribution in [2.24, 2.45) is 5.73 Å². The predicted octanol–water partition coefficient (Wildman–Crippen LogP) is 3.21. The van der Waals surface area contributed by atoms with Gasteiger partial charge in [-0.25, -0.2) is 0 Å². The van der Waals surface area contributed by atoms with Crippen LogP contribution in [0.3, 0.4) is 0 Å². The first kappa shape index (κ1) is 18.2. The summed E-state index contributed by atoms with van der Waals surface area (Å²) in [6.07, 6.45) is 0. The molecule has 0 aliphatic carbocycles. The molecule has 0 aromatic heterocycles. The minimum Gasteiger partial charge on any atom is -0.399 e. The van der Waals surface area contributed by atoms with Gasteiger partial charge in [-0.3, -0.25) is 0 Å². The summed E-state index contributed by atoms with van der Waals surface area (Å²) in [4.78, 5) is 0. The second-order valence-electron chi connectivity index (χ2n) is 6.93. The second kappa shape index (κ2) is 6.11. The molecule has 0 saturated carbocycles. The summed E-state index contributed by atoms with van der Waals surface area (Å²) >= 11 is 0. The van der Waals surface area contributed by atoms with Crippen LogP contribution in [0, 0.1) is 0 Å². The molecule has 2 rings (SSSR count). The molecule has 1 fully saturated rings. The minimum absolute atomic E-state index is 0.302. The summed E-state index contributed by atoms with van der Waals surface area (Å²) < 4.78 is 12.0. The monoisotopic (exact) mass is 291 g/mol. The van der Waals surface area contributed by atoms with Gasteiger partial charge in [0.15, 0.2) is 0 Å². The fraction of sp³-hybridized carbons (Fsp3) is 0.647. The molecule has 1 heterocycles. The Bertz CT molecular complexity index is 445. The topological polar surface area (TPSA) is 44.5 Å². The lowest BCUT2D eigenvalue weighted by atomic mass is 9.78. The maximum Gasteiger partial charge on any atom is 0.494 e. The zero-order valence-electron chi connectivity index (χ0n) is 14.8. The van der Waals surface area contributed by atoms with Crippen molar-refractivity contribution >= 4 is 12.6 Å². The van der Waals surface area contributed by atoms with Crippen molar-refractivity contribution in [1.29, 1.82) is 0 Å². The number of rotatable bonds is 2. The van der Waals surface area contributed by atoms with E-state index < -0.39 is 0 Å². The van der Waals surface area contributed by atoms with Crippen LogP contribution in [0.15, 0.2) is 24.3 Å². The van der Waals surface area contributed by atoms with Crippen LogP contribution in [0.5, 0.6) is 0 Å². The highest BCUT2D eigenvalue weighted by atomic mass is 16.7. The quantitative estimate of drug-likeness (QED) is 0.851. The lowest BCUT2D eigenvalue weighted by Crippen LogP contribution is -2.41. The maximum absolute atomic E-state index is 6.08. The second-order valence-corrected chi connectivity index (χ2v) is 6.93. The van der Waals surface area contributed by atoms with Crippen molar-refractivity contribution in [3.8, 4) is 0 Å². The molecule has 1 aliphatic rings. The smallest absolute Gasteiger partial charge is 0.399 e. The third kappa shape index (κ3) is 3.88. The Kier molecular flexibility index (Phi) is 5.30. The first-order valence-corrected chi connectivity index (χ1v) is 7.78. The zero-order chi connectivity index (χ0) is 16.5. The van der Waals surface area contributed by atoms with Gasteiger partial charge in [0.2, 0.25) is 0 Å². The summed E-state index contributed by atoms with van der Waals surface area (Å²) in [5, 5.41) is 0. The van der Waals surface area contributed by atoms with E-state index in [2.05, 4.69) is 27.7 Å².